The Morgan fingerprint density at radius 2 is 1.85 bits per heavy atom. The lowest BCUT2D eigenvalue weighted by Gasteiger charge is -2.16. The number of hydrogen-bond donors (Lipinski definition) is 2. The molecule has 3 rings (SSSR count). The van der Waals surface area contributed by atoms with Crippen molar-refractivity contribution in [2.24, 2.45) is 0 Å². The number of aromatic nitrogens is 1. The molecule has 140 valence electrons. The van der Waals surface area contributed by atoms with Gasteiger partial charge in [0, 0.05) is 37.5 Å². The molecule has 5 heteroatoms. The largest absolute Gasteiger partial charge is 0.441 e. The third kappa shape index (κ3) is 5.99. The predicted octanol–water partition coefficient (Wildman–Crippen LogP) is 3.70. The number of aryl methyl sites for hydroxylation is 1. The van der Waals surface area contributed by atoms with E-state index >= 15 is 0 Å². The third-order valence-corrected chi connectivity index (χ3v) is 4.91. The van der Waals surface area contributed by atoms with E-state index in [9.17, 15) is 4.79 Å². The first-order chi connectivity index (χ1) is 12.8. The van der Waals surface area contributed by atoms with Gasteiger partial charge in [0.2, 0.25) is 5.91 Å². The van der Waals surface area contributed by atoms with Crippen LogP contribution >= 0.6 is 0 Å². The van der Waals surface area contributed by atoms with Crippen LogP contribution in [0.1, 0.15) is 50.8 Å². The van der Waals surface area contributed by atoms with Gasteiger partial charge < -0.3 is 15.1 Å². The van der Waals surface area contributed by atoms with Crippen molar-refractivity contribution in [3.8, 4) is 11.3 Å². The molecule has 1 aromatic heterocycles. The molecule has 5 nitrogen and oxygen atoms in total. The summed E-state index contributed by atoms with van der Waals surface area (Å²) in [5.41, 5.74) is 1.00. The lowest BCUT2D eigenvalue weighted by Crippen LogP contribution is -2.36. The van der Waals surface area contributed by atoms with Crippen LogP contribution in [0.3, 0.4) is 0 Å². The molecule has 1 heterocycles. The lowest BCUT2D eigenvalue weighted by atomic mass is 10.1. The monoisotopic (exact) mass is 355 g/mol. The van der Waals surface area contributed by atoms with Crippen molar-refractivity contribution >= 4 is 5.91 Å². The summed E-state index contributed by atoms with van der Waals surface area (Å²) in [5.74, 6) is 1.40. The van der Waals surface area contributed by atoms with Crippen molar-refractivity contribution in [2.45, 2.75) is 57.4 Å². The summed E-state index contributed by atoms with van der Waals surface area (Å²) in [5, 5.41) is 6.54. The maximum atomic E-state index is 12.0. The Morgan fingerprint density at radius 1 is 1.08 bits per heavy atom. The molecule has 0 aliphatic heterocycles. The predicted molar refractivity (Wildman–Crippen MR) is 103 cm³/mol. The summed E-state index contributed by atoms with van der Waals surface area (Å²) in [7, 11) is 0. The van der Waals surface area contributed by atoms with Crippen LogP contribution in [0.5, 0.6) is 0 Å². The molecule has 0 saturated heterocycles. The fraction of sp³-hybridized carbons (Fsp3) is 0.524. The minimum Gasteiger partial charge on any atom is -0.441 e. The molecule has 26 heavy (non-hydrogen) atoms. The normalized spacial score (nSPS) is 15.5. The van der Waals surface area contributed by atoms with Crippen LogP contribution in [0.15, 0.2) is 40.9 Å². The second-order valence-corrected chi connectivity index (χ2v) is 6.98. The van der Waals surface area contributed by atoms with Gasteiger partial charge >= 0.3 is 0 Å². The van der Waals surface area contributed by atoms with E-state index in [0.29, 0.717) is 31.3 Å². The van der Waals surface area contributed by atoms with Gasteiger partial charge in [0.15, 0.2) is 11.7 Å². The first kappa shape index (κ1) is 18.6. The maximum Gasteiger partial charge on any atom is 0.220 e. The molecule has 2 N–H and O–H groups in total. The molecule has 1 aliphatic carbocycles. The van der Waals surface area contributed by atoms with Crippen molar-refractivity contribution in [1.29, 1.82) is 0 Å². The lowest BCUT2D eigenvalue weighted by molar-refractivity contribution is -0.121. The molecule has 1 amide bonds. The molecule has 2 aromatic rings. The minimum atomic E-state index is 0.0483. The van der Waals surface area contributed by atoms with Gasteiger partial charge in [-0.25, -0.2) is 4.98 Å². The van der Waals surface area contributed by atoms with Gasteiger partial charge in [0.05, 0.1) is 6.20 Å². The van der Waals surface area contributed by atoms with E-state index in [4.69, 9.17) is 4.42 Å². The molecule has 0 unspecified atom stereocenters. The zero-order valence-electron chi connectivity index (χ0n) is 15.4. The van der Waals surface area contributed by atoms with Crippen LogP contribution in [0.4, 0.5) is 0 Å². The van der Waals surface area contributed by atoms with Crippen LogP contribution in [0, 0.1) is 0 Å². The molecular formula is C21H29N3O2. The molecule has 0 radical (unpaired) electrons. The van der Waals surface area contributed by atoms with Crippen molar-refractivity contribution in [1.82, 2.24) is 15.6 Å². The summed E-state index contributed by atoms with van der Waals surface area (Å²) < 4.78 is 5.73. The average Bonchev–Trinajstić information content (AvgIpc) is 3.00. The standard InChI is InChI=1S/C21H29N3O2/c25-20(23-15-14-22-18-10-6-1-2-7-11-18)12-13-21-24-16-19(26-21)17-8-4-3-5-9-17/h3-5,8-9,16,18,22H,1-2,6-7,10-15H2,(H,23,25). The quantitative estimate of drug-likeness (QED) is 0.560. The van der Waals surface area contributed by atoms with E-state index in [1.54, 1.807) is 6.20 Å². The molecule has 1 saturated carbocycles. The van der Waals surface area contributed by atoms with E-state index in [1.165, 1.54) is 38.5 Å². The number of nitrogens with one attached hydrogen (secondary N) is 2. The fourth-order valence-corrected chi connectivity index (χ4v) is 3.43. The number of carbonyl (C=O) groups excluding carboxylic acids is 1. The van der Waals surface area contributed by atoms with Crippen LogP contribution in [0.2, 0.25) is 0 Å². The summed E-state index contributed by atoms with van der Waals surface area (Å²) in [6.07, 6.45) is 10.6. The van der Waals surface area contributed by atoms with Gasteiger partial charge in [-0.2, -0.15) is 0 Å². The molecule has 0 atom stereocenters. The summed E-state index contributed by atoms with van der Waals surface area (Å²) in [6, 6.07) is 10.5. The highest BCUT2D eigenvalue weighted by Gasteiger charge is 2.11. The van der Waals surface area contributed by atoms with Crippen LogP contribution < -0.4 is 10.6 Å². The Hall–Kier alpha value is -2.14. The Morgan fingerprint density at radius 3 is 2.62 bits per heavy atom. The molecule has 1 aliphatic rings. The second kappa shape index (κ2) is 10.1. The fourth-order valence-electron chi connectivity index (χ4n) is 3.43. The van der Waals surface area contributed by atoms with Gasteiger partial charge in [0.1, 0.15) is 0 Å². The molecule has 0 spiro atoms. The van der Waals surface area contributed by atoms with Gasteiger partial charge in [0.25, 0.3) is 0 Å². The van der Waals surface area contributed by atoms with Gasteiger partial charge in [-0.3, -0.25) is 4.79 Å². The van der Waals surface area contributed by atoms with Crippen molar-refractivity contribution in [3.63, 3.8) is 0 Å². The zero-order chi connectivity index (χ0) is 18.0. The Labute approximate surface area is 155 Å². The highest BCUT2D eigenvalue weighted by Crippen LogP contribution is 2.20. The summed E-state index contributed by atoms with van der Waals surface area (Å²) in [4.78, 5) is 16.3. The van der Waals surface area contributed by atoms with Crippen molar-refractivity contribution < 1.29 is 9.21 Å². The number of nitrogens with zero attached hydrogens (tertiary/aromatic N) is 1. The van der Waals surface area contributed by atoms with E-state index < -0.39 is 0 Å². The molecule has 1 fully saturated rings. The van der Waals surface area contributed by atoms with Gasteiger partial charge in [-0.15, -0.1) is 0 Å². The number of carbonyl (C=O) groups is 1. The minimum absolute atomic E-state index is 0.0483. The van der Waals surface area contributed by atoms with Crippen LogP contribution in [-0.4, -0.2) is 30.0 Å². The Balaban J connectivity index is 1.32. The highest BCUT2D eigenvalue weighted by molar-refractivity contribution is 5.76. The Bertz CT molecular complexity index is 661. The number of benzene rings is 1. The Kier molecular flexibility index (Phi) is 7.25. The topological polar surface area (TPSA) is 67.2 Å². The van der Waals surface area contributed by atoms with Crippen molar-refractivity contribution in [2.75, 3.05) is 13.1 Å². The first-order valence-electron chi connectivity index (χ1n) is 9.81. The number of amides is 1. The second-order valence-electron chi connectivity index (χ2n) is 6.98. The molecule has 1 aromatic carbocycles. The van der Waals surface area contributed by atoms with E-state index in [-0.39, 0.29) is 5.91 Å². The van der Waals surface area contributed by atoms with E-state index in [1.807, 2.05) is 30.3 Å². The van der Waals surface area contributed by atoms with E-state index in [2.05, 4.69) is 15.6 Å². The average molecular weight is 355 g/mol. The summed E-state index contributed by atoms with van der Waals surface area (Å²) in [6.45, 7) is 1.52. The number of hydrogen-bond acceptors (Lipinski definition) is 4. The third-order valence-electron chi connectivity index (χ3n) is 4.91. The summed E-state index contributed by atoms with van der Waals surface area (Å²) >= 11 is 0. The van der Waals surface area contributed by atoms with Gasteiger partial charge in [-0.05, 0) is 12.8 Å². The molecule has 0 bridgehead atoms. The molecular weight excluding hydrogens is 326 g/mol. The zero-order valence-corrected chi connectivity index (χ0v) is 15.4. The first-order valence-corrected chi connectivity index (χ1v) is 9.81. The van der Waals surface area contributed by atoms with Crippen molar-refractivity contribution in [3.05, 3.63) is 42.4 Å². The number of oxazole rings is 1. The smallest absolute Gasteiger partial charge is 0.220 e. The SMILES string of the molecule is O=C(CCc1ncc(-c2ccccc2)o1)NCCNC1CCCCCC1. The highest BCUT2D eigenvalue weighted by atomic mass is 16.4. The van der Waals surface area contributed by atoms with E-state index in [0.717, 1.165) is 17.9 Å². The van der Waals surface area contributed by atoms with Gasteiger partial charge in [-0.1, -0.05) is 56.0 Å². The van der Waals surface area contributed by atoms with Crippen LogP contribution in [0.25, 0.3) is 11.3 Å². The number of rotatable bonds is 8. The maximum absolute atomic E-state index is 12.0. The van der Waals surface area contributed by atoms with Crippen LogP contribution in [-0.2, 0) is 11.2 Å².